The van der Waals surface area contributed by atoms with Gasteiger partial charge in [-0.05, 0) is 52.9 Å². The molecule has 6 nitrogen and oxygen atoms in total. The highest BCUT2D eigenvalue weighted by molar-refractivity contribution is 7.08. The quantitative estimate of drug-likeness (QED) is 0.565. The number of nitrogens with one attached hydrogen (secondary N) is 1. The number of rotatable bonds is 8. The van der Waals surface area contributed by atoms with Crippen molar-refractivity contribution in [2.24, 2.45) is 0 Å². The number of nitrogens with zero attached hydrogens (tertiary/aromatic N) is 1. The lowest BCUT2D eigenvalue weighted by Crippen LogP contribution is -2.20. The molecule has 2 heterocycles. The van der Waals surface area contributed by atoms with Crippen molar-refractivity contribution in [2.45, 2.75) is 6.54 Å². The Hall–Kier alpha value is -3.32. The lowest BCUT2D eigenvalue weighted by molar-refractivity contribution is -0.116. The number of benzene rings is 1. The molecule has 0 spiro atoms. The third-order valence-electron chi connectivity index (χ3n) is 4.22. The lowest BCUT2D eigenvalue weighted by atomic mass is 10.1. The number of thiophene rings is 1. The number of carbonyl (C=O) groups excluding carboxylic acids is 1. The number of carbonyl (C=O) groups is 1. The Kier molecular flexibility index (Phi) is 6.86. The molecule has 0 radical (unpaired) electrons. The van der Waals surface area contributed by atoms with Crippen LogP contribution in [0.2, 0.25) is 0 Å². The minimum Gasteiger partial charge on any atom is -0.493 e. The van der Waals surface area contributed by atoms with Gasteiger partial charge in [-0.15, -0.1) is 0 Å². The van der Waals surface area contributed by atoms with Crippen LogP contribution >= 0.6 is 11.3 Å². The second-order valence-corrected chi connectivity index (χ2v) is 6.85. The Labute approximate surface area is 173 Å². The van der Waals surface area contributed by atoms with Crippen molar-refractivity contribution in [3.05, 3.63) is 64.5 Å². The predicted octanol–water partition coefficient (Wildman–Crippen LogP) is 4.17. The molecular formula is C22H22N2O4S. The highest BCUT2D eigenvalue weighted by Crippen LogP contribution is 2.38. The van der Waals surface area contributed by atoms with Crippen LogP contribution in [-0.2, 0) is 11.3 Å². The third-order valence-corrected chi connectivity index (χ3v) is 4.91. The van der Waals surface area contributed by atoms with Crippen LogP contribution in [0, 0.1) is 0 Å². The standard InChI is InChI=1S/C22H22N2O4S/c1-26-19-11-15(12-20(27-2)22(19)28-3)4-5-21(25)24-13-16-6-8-23-18(10-16)17-7-9-29-14-17/h4-12,14H,13H2,1-3H3,(H,24,25)/b5-4+. The van der Waals surface area contributed by atoms with Gasteiger partial charge < -0.3 is 19.5 Å². The van der Waals surface area contributed by atoms with E-state index in [1.54, 1.807) is 57.1 Å². The molecular weight excluding hydrogens is 388 g/mol. The fourth-order valence-corrected chi connectivity index (χ4v) is 3.42. The van der Waals surface area contributed by atoms with Crippen molar-refractivity contribution >= 4 is 23.3 Å². The Balaban J connectivity index is 1.65. The van der Waals surface area contributed by atoms with Gasteiger partial charge >= 0.3 is 0 Å². The number of methoxy groups -OCH3 is 3. The van der Waals surface area contributed by atoms with Gasteiger partial charge in [-0.2, -0.15) is 11.3 Å². The van der Waals surface area contributed by atoms with E-state index in [1.807, 2.05) is 29.0 Å². The molecule has 1 amide bonds. The summed E-state index contributed by atoms with van der Waals surface area (Å²) in [6.45, 7) is 0.415. The highest BCUT2D eigenvalue weighted by Gasteiger charge is 2.12. The molecule has 0 aliphatic heterocycles. The number of amides is 1. The first kappa shape index (κ1) is 20.4. The average Bonchev–Trinajstić information content (AvgIpc) is 3.30. The maximum atomic E-state index is 12.2. The zero-order valence-electron chi connectivity index (χ0n) is 16.5. The Morgan fingerprint density at radius 3 is 2.48 bits per heavy atom. The van der Waals surface area contributed by atoms with E-state index in [0.29, 0.717) is 23.8 Å². The van der Waals surface area contributed by atoms with Crippen molar-refractivity contribution in [3.8, 4) is 28.5 Å². The minimum absolute atomic E-state index is 0.201. The van der Waals surface area contributed by atoms with E-state index < -0.39 is 0 Å². The van der Waals surface area contributed by atoms with E-state index in [0.717, 1.165) is 22.4 Å². The largest absolute Gasteiger partial charge is 0.493 e. The summed E-state index contributed by atoms with van der Waals surface area (Å²) in [4.78, 5) is 16.6. The van der Waals surface area contributed by atoms with Crippen molar-refractivity contribution in [3.63, 3.8) is 0 Å². The summed E-state index contributed by atoms with van der Waals surface area (Å²) in [7, 11) is 4.65. The molecule has 0 aliphatic carbocycles. The molecule has 29 heavy (non-hydrogen) atoms. The molecule has 0 aliphatic rings. The van der Waals surface area contributed by atoms with E-state index in [9.17, 15) is 4.79 Å². The van der Waals surface area contributed by atoms with Crippen LogP contribution < -0.4 is 19.5 Å². The summed E-state index contributed by atoms with van der Waals surface area (Å²) >= 11 is 1.63. The lowest BCUT2D eigenvalue weighted by Gasteiger charge is -2.12. The van der Waals surface area contributed by atoms with E-state index in [-0.39, 0.29) is 5.91 Å². The number of hydrogen-bond donors (Lipinski definition) is 1. The molecule has 0 fully saturated rings. The van der Waals surface area contributed by atoms with Crippen LogP contribution in [-0.4, -0.2) is 32.2 Å². The molecule has 1 aromatic carbocycles. The maximum Gasteiger partial charge on any atom is 0.244 e. The molecule has 0 saturated heterocycles. The van der Waals surface area contributed by atoms with E-state index in [2.05, 4.69) is 10.3 Å². The van der Waals surface area contributed by atoms with Crippen molar-refractivity contribution < 1.29 is 19.0 Å². The van der Waals surface area contributed by atoms with Crippen molar-refractivity contribution in [2.75, 3.05) is 21.3 Å². The zero-order valence-corrected chi connectivity index (χ0v) is 17.3. The molecule has 150 valence electrons. The molecule has 0 bridgehead atoms. The van der Waals surface area contributed by atoms with Gasteiger partial charge in [0.05, 0.1) is 27.0 Å². The average molecular weight is 410 g/mol. The molecule has 7 heteroatoms. The molecule has 0 saturated carbocycles. The maximum absolute atomic E-state index is 12.2. The first-order valence-corrected chi connectivity index (χ1v) is 9.82. The molecule has 0 unspecified atom stereocenters. The summed E-state index contributed by atoms with van der Waals surface area (Å²) in [5.41, 5.74) is 3.71. The van der Waals surface area contributed by atoms with Crippen LogP contribution in [0.4, 0.5) is 0 Å². The summed E-state index contributed by atoms with van der Waals surface area (Å²) in [5.74, 6) is 1.37. The van der Waals surface area contributed by atoms with Crippen LogP contribution in [0.25, 0.3) is 17.3 Å². The molecule has 3 aromatic rings. The SMILES string of the molecule is COc1cc(/C=C/C(=O)NCc2ccnc(-c3ccsc3)c2)cc(OC)c1OC. The number of hydrogen-bond acceptors (Lipinski definition) is 6. The van der Waals surface area contributed by atoms with Crippen LogP contribution in [0.3, 0.4) is 0 Å². The van der Waals surface area contributed by atoms with Gasteiger partial charge in [-0.1, -0.05) is 0 Å². The van der Waals surface area contributed by atoms with Gasteiger partial charge in [0.25, 0.3) is 0 Å². The predicted molar refractivity (Wildman–Crippen MR) is 115 cm³/mol. The van der Waals surface area contributed by atoms with Gasteiger partial charge in [0.2, 0.25) is 11.7 Å². The Bertz CT molecular complexity index is 975. The monoisotopic (exact) mass is 410 g/mol. The molecule has 1 N–H and O–H groups in total. The highest BCUT2D eigenvalue weighted by atomic mass is 32.1. The first-order chi connectivity index (χ1) is 14.1. The fourth-order valence-electron chi connectivity index (χ4n) is 2.77. The first-order valence-electron chi connectivity index (χ1n) is 8.88. The van der Waals surface area contributed by atoms with E-state index in [4.69, 9.17) is 14.2 Å². The summed E-state index contributed by atoms with van der Waals surface area (Å²) < 4.78 is 16.0. The summed E-state index contributed by atoms with van der Waals surface area (Å²) in [5, 5.41) is 6.94. The Morgan fingerprint density at radius 2 is 1.86 bits per heavy atom. The van der Waals surface area contributed by atoms with Gasteiger partial charge in [0, 0.05) is 29.8 Å². The second-order valence-electron chi connectivity index (χ2n) is 6.07. The molecule has 3 rings (SSSR count). The minimum atomic E-state index is -0.201. The Morgan fingerprint density at radius 1 is 1.10 bits per heavy atom. The molecule has 0 atom stereocenters. The number of pyridine rings is 1. The molecule has 2 aromatic heterocycles. The van der Waals surface area contributed by atoms with Crippen LogP contribution in [0.5, 0.6) is 17.2 Å². The van der Waals surface area contributed by atoms with Gasteiger partial charge in [0.15, 0.2) is 11.5 Å². The van der Waals surface area contributed by atoms with E-state index >= 15 is 0 Å². The number of ether oxygens (including phenoxy) is 3. The van der Waals surface area contributed by atoms with Gasteiger partial charge in [-0.3, -0.25) is 9.78 Å². The van der Waals surface area contributed by atoms with Crippen molar-refractivity contribution in [1.29, 1.82) is 0 Å². The number of aromatic nitrogens is 1. The van der Waals surface area contributed by atoms with E-state index in [1.165, 1.54) is 6.08 Å². The topological polar surface area (TPSA) is 69.7 Å². The smallest absolute Gasteiger partial charge is 0.244 e. The second kappa shape index (κ2) is 9.75. The third kappa shape index (κ3) is 5.14. The van der Waals surface area contributed by atoms with Gasteiger partial charge in [-0.25, -0.2) is 0 Å². The van der Waals surface area contributed by atoms with Crippen LogP contribution in [0.1, 0.15) is 11.1 Å². The zero-order chi connectivity index (χ0) is 20.6. The normalized spacial score (nSPS) is 10.7. The fraction of sp³-hybridized carbons (Fsp3) is 0.182. The van der Waals surface area contributed by atoms with Crippen molar-refractivity contribution in [1.82, 2.24) is 10.3 Å². The van der Waals surface area contributed by atoms with Crippen LogP contribution in [0.15, 0.2) is 53.4 Å². The summed E-state index contributed by atoms with van der Waals surface area (Å²) in [6, 6.07) is 9.45. The van der Waals surface area contributed by atoms with Gasteiger partial charge in [0.1, 0.15) is 0 Å². The summed E-state index contributed by atoms with van der Waals surface area (Å²) in [6.07, 6.45) is 4.92.